The van der Waals surface area contributed by atoms with Gasteiger partial charge in [-0.2, -0.15) is 0 Å². The van der Waals surface area contributed by atoms with Gasteiger partial charge in [-0.3, -0.25) is 0 Å². The van der Waals surface area contributed by atoms with Crippen molar-refractivity contribution in [2.24, 2.45) is 0 Å². The Morgan fingerprint density at radius 2 is 2.12 bits per heavy atom. The molecule has 2 aromatic rings. The summed E-state index contributed by atoms with van der Waals surface area (Å²) in [6.07, 6.45) is 3.19. The van der Waals surface area contributed by atoms with E-state index >= 15 is 0 Å². The van der Waals surface area contributed by atoms with Gasteiger partial charge in [0, 0.05) is 18.3 Å². The monoisotopic (exact) mass is 237 g/mol. The van der Waals surface area contributed by atoms with E-state index in [9.17, 15) is 0 Å². The van der Waals surface area contributed by atoms with Crippen LogP contribution in [0.3, 0.4) is 0 Å². The Kier molecular flexibility index (Phi) is 3.52. The number of H-pyrrole nitrogens is 1. The molecule has 0 aliphatic carbocycles. The van der Waals surface area contributed by atoms with Crippen molar-refractivity contribution >= 4 is 16.9 Å². The van der Waals surface area contributed by atoms with Gasteiger partial charge in [0.25, 0.3) is 0 Å². The van der Waals surface area contributed by atoms with Gasteiger partial charge in [0.15, 0.2) is 5.82 Å². The summed E-state index contributed by atoms with van der Waals surface area (Å²) < 4.78 is 0. The highest BCUT2D eigenvalue weighted by atomic mass is 16.3. The van der Waals surface area contributed by atoms with Gasteiger partial charge < -0.3 is 26.2 Å². The molecule has 2 heterocycles. The van der Waals surface area contributed by atoms with E-state index in [2.05, 4.69) is 20.3 Å². The van der Waals surface area contributed by atoms with Crippen LogP contribution in [0.1, 0.15) is 5.56 Å². The van der Waals surface area contributed by atoms with Crippen molar-refractivity contribution in [3.05, 3.63) is 18.1 Å². The number of rotatable bonds is 5. The van der Waals surface area contributed by atoms with E-state index in [1.165, 1.54) is 6.33 Å². The van der Waals surface area contributed by atoms with E-state index in [1.54, 1.807) is 6.20 Å². The number of fused-ring (bicyclic) bond motifs is 1. The first-order valence-corrected chi connectivity index (χ1v) is 5.27. The zero-order valence-corrected chi connectivity index (χ0v) is 9.22. The summed E-state index contributed by atoms with van der Waals surface area (Å²) in [5.41, 5.74) is 8.06. The molecule has 0 aliphatic rings. The zero-order valence-electron chi connectivity index (χ0n) is 9.22. The summed E-state index contributed by atoms with van der Waals surface area (Å²) in [5.74, 6) is 0.405. The van der Waals surface area contributed by atoms with Crippen molar-refractivity contribution in [2.75, 3.05) is 18.9 Å². The summed E-state index contributed by atoms with van der Waals surface area (Å²) in [5, 5.41) is 20.9. The maximum atomic E-state index is 8.94. The number of anilines is 1. The van der Waals surface area contributed by atoms with Crippen molar-refractivity contribution in [1.82, 2.24) is 20.3 Å². The number of hydrogen-bond donors (Lipinski definition) is 5. The number of aliphatic hydroxyl groups excluding tert-OH is 2. The third-order valence-corrected chi connectivity index (χ3v) is 2.59. The molecular weight excluding hydrogens is 222 g/mol. The zero-order chi connectivity index (χ0) is 12.3. The van der Waals surface area contributed by atoms with Crippen LogP contribution < -0.4 is 11.1 Å². The first kappa shape index (κ1) is 11.8. The second-order valence-corrected chi connectivity index (χ2v) is 3.74. The van der Waals surface area contributed by atoms with Crippen LogP contribution in [0, 0.1) is 0 Å². The highest BCUT2D eigenvalue weighted by molar-refractivity contribution is 5.86. The molecule has 0 aromatic carbocycles. The predicted octanol–water partition coefficient (Wildman–Crippen LogP) is -1.02. The van der Waals surface area contributed by atoms with Gasteiger partial charge in [-0.25, -0.2) is 9.97 Å². The normalized spacial score (nSPS) is 11.5. The van der Waals surface area contributed by atoms with Gasteiger partial charge in [-0.15, -0.1) is 0 Å². The summed E-state index contributed by atoms with van der Waals surface area (Å²) in [6.45, 7) is 0.258. The molecule has 92 valence electrons. The van der Waals surface area contributed by atoms with Crippen LogP contribution in [-0.2, 0) is 6.54 Å². The number of aromatic amines is 1. The molecule has 0 unspecified atom stereocenters. The van der Waals surface area contributed by atoms with Gasteiger partial charge in [0.05, 0.1) is 24.8 Å². The minimum absolute atomic E-state index is 0.115. The minimum atomic E-state index is -0.334. The standard InChI is InChI=1S/C10H15N5O2/c11-10-9-8(14-5-15-10)6(2-13-9)1-12-7(3-16)4-17/h2,5,7,12-13,16-17H,1,3-4H2,(H2,11,14,15). The van der Waals surface area contributed by atoms with E-state index in [0.717, 1.165) is 11.1 Å². The first-order valence-electron chi connectivity index (χ1n) is 5.27. The second kappa shape index (κ2) is 5.09. The quantitative estimate of drug-likeness (QED) is 0.454. The lowest BCUT2D eigenvalue weighted by Crippen LogP contribution is -2.35. The molecule has 0 saturated heterocycles. The van der Waals surface area contributed by atoms with Crippen molar-refractivity contribution < 1.29 is 10.2 Å². The van der Waals surface area contributed by atoms with Crippen molar-refractivity contribution in [3.63, 3.8) is 0 Å². The molecule has 0 radical (unpaired) electrons. The average molecular weight is 237 g/mol. The third-order valence-electron chi connectivity index (χ3n) is 2.59. The van der Waals surface area contributed by atoms with E-state index in [0.29, 0.717) is 17.9 Å². The maximum absolute atomic E-state index is 8.94. The van der Waals surface area contributed by atoms with Crippen molar-refractivity contribution in [1.29, 1.82) is 0 Å². The number of aromatic nitrogens is 3. The van der Waals surface area contributed by atoms with E-state index in [4.69, 9.17) is 15.9 Å². The molecule has 0 bridgehead atoms. The van der Waals surface area contributed by atoms with Gasteiger partial charge >= 0.3 is 0 Å². The van der Waals surface area contributed by atoms with Crippen LogP contribution in [0.25, 0.3) is 11.0 Å². The number of nitrogens with zero attached hydrogens (tertiary/aromatic N) is 2. The van der Waals surface area contributed by atoms with E-state index in [1.807, 2.05) is 0 Å². The highest BCUT2D eigenvalue weighted by Crippen LogP contribution is 2.18. The SMILES string of the molecule is Nc1ncnc2c(CNC(CO)CO)c[nH]c12. The topological polar surface area (TPSA) is 120 Å². The van der Waals surface area contributed by atoms with Crippen LogP contribution in [0.15, 0.2) is 12.5 Å². The smallest absolute Gasteiger partial charge is 0.151 e. The summed E-state index contributed by atoms with van der Waals surface area (Å²) in [6, 6.07) is -0.334. The van der Waals surface area contributed by atoms with Crippen molar-refractivity contribution in [2.45, 2.75) is 12.6 Å². The Bertz CT molecular complexity index is 494. The van der Waals surface area contributed by atoms with Gasteiger partial charge in [-0.1, -0.05) is 0 Å². The number of nitrogen functional groups attached to an aromatic ring is 1. The number of hydrogen-bond acceptors (Lipinski definition) is 6. The summed E-state index contributed by atoms with van der Waals surface area (Å²) in [7, 11) is 0. The van der Waals surface area contributed by atoms with Crippen LogP contribution in [0.5, 0.6) is 0 Å². The Hall–Kier alpha value is -1.70. The lowest BCUT2D eigenvalue weighted by molar-refractivity contribution is 0.170. The third kappa shape index (κ3) is 2.36. The average Bonchev–Trinajstić information content (AvgIpc) is 2.75. The molecule has 0 atom stereocenters. The Morgan fingerprint density at radius 1 is 1.35 bits per heavy atom. The van der Waals surface area contributed by atoms with Crippen LogP contribution in [0.4, 0.5) is 5.82 Å². The molecule has 6 N–H and O–H groups in total. The van der Waals surface area contributed by atoms with Gasteiger partial charge in [0.1, 0.15) is 11.8 Å². The molecule has 0 spiro atoms. The Labute approximate surface area is 97.7 Å². The largest absolute Gasteiger partial charge is 0.395 e. The van der Waals surface area contributed by atoms with Gasteiger partial charge in [0.2, 0.25) is 0 Å². The fourth-order valence-electron chi connectivity index (χ4n) is 1.59. The number of nitrogens with one attached hydrogen (secondary N) is 2. The van der Waals surface area contributed by atoms with Crippen LogP contribution in [-0.4, -0.2) is 44.4 Å². The molecule has 2 aromatic heterocycles. The maximum Gasteiger partial charge on any atom is 0.151 e. The fraction of sp³-hybridized carbons (Fsp3) is 0.400. The second-order valence-electron chi connectivity index (χ2n) is 3.74. The lowest BCUT2D eigenvalue weighted by Gasteiger charge is -2.12. The van der Waals surface area contributed by atoms with E-state index < -0.39 is 0 Å². The van der Waals surface area contributed by atoms with Gasteiger partial charge in [-0.05, 0) is 0 Å². The molecule has 0 amide bonds. The number of nitrogens with two attached hydrogens (primary N) is 1. The first-order chi connectivity index (χ1) is 8.26. The molecule has 17 heavy (non-hydrogen) atoms. The molecule has 2 rings (SSSR count). The van der Waals surface area contributed by atoms with Crippen LogP contribution >= 0.6 is 0 Å². The molecule has 0 aliphatic heterocycles. The minimum Gasteiger partial charge on any atom is -0.395 e. The highest BCUT2D eigenvalue weighted by Gasteiger charge is 2.10. The van der Waals surface area contributed by atoms with Crippen molar-refractivity contribution in [3.8, 4) is 0 Å². The fourth-order valence-corrected chi connectivity index (χ4v) is 1.59. The molecule has 7 heteroatoms. The molecule has 0 saturated carbocycles. The molecule has 0 fully saturated rings. The molecule has 7 nitrogen and oxygen atoms in total. The number of aliphatic hydroxyl groups is 2. The molecular formula is C10H15N5O2. The van der Waals surface area contributed by atoms with E-state index in [-0.39, 0.29) is 19.3 Å². The Morgan fingerprint density at radius 3 is 2.82 bits per heavy atom. The summed E-state index contributed by atoms with van der Waals surface area (Å²) in [4.78, 5) is 11.0. The lowest BCUT2D eigenvalue weighted by atomic mass is 10.2. The Balaban J connectivity index is 2.17. The predicted molar refractivity (Wildman–Crippen MR) is 63.1 cm³/mol. The van der Waals surface area contributed by atoms with Crippen LogP contribution in [0.2, 0.25) is 0 Å². The summed E-state index contributed by atoms with van der Waals surface area (Å²) >= 11 is 0.